The highest BCUT2D eigenvalue weighted by Gasteiger charge is 2.29. The van der Waals surface area contributed by atoms with Gasteiger partial charge >= 0.3 is 0 Å². The van der Waals surface area contributed by atoms with E-state index in [0.717, 1.165) is 68.2 Å². The lowest BCUT2D eigenvalue weighted by Crippen LogP contribution is -2.53. The van der Waals surface area contributed by atoms with Crippen molar-refractivity contribution in [2.45, 2.75) is 50.6 Å². The molecule has 3 aromatic rings. The zero-order valence-electron chi connectivity index (χ0n) is 21.6. The minimum absolute atomic E-state index is 0.0444. The van der Waals surface area contributed by atoms with Gasteiger partial charge in [-0.05, 0) is 87.3 Å². The number of halogens is 1. The number of H-pyrrole nitrogens is 1. The third-order valence-electron chi connectivity index (χ3n) is 7.67. The summed E-state index contributed by atoms with van der Waals surface area (Å²) >= 11 is 6.08. The van der Waals surface area contributed by atoms with E-state index in [9.17, 15) is 14.4 Å². The predicted octanol–water partition coefficient (Wildman–Crippen LogP) is 4.35. The SMILES string of the molecule is CN(C(=O)CN1CCCC1)c1ccc(C(=O)N[C@@H]2CCCC[C@@H]2NC(=O)c2cc3cc(Cl)ccc3[nH]2)cc1. The number of carbonyl (C=O) groups excluding carboxylic acids is 3. The molecule has 5 rings (SSSR count). The van der Waals surface area contributed by atoms with Gasteiger partial charge in [-0.2, -0.15) is 0 Å². The van der Waals surface area contributed by atoms with Gasteiger partial charge in [0.25, 0.3) is 11.8 Å². The second kappa shape index (κ2) is 11.6. The molecule has 1 aliphatic carbocycles. The molecule has 200 valence electrons. The molecule has 9 heteroatoms. The van der Waals surface area contributed by atoms with Crippen molar-refractivity contribution in [3.8, 4) is 0 Å². The van der Waals surface area contributed by atoms with Crippen LogP contribution in [0.3, 0.4) is 0 Å². The number of fused-ring (bicyclic) bond motifs is 1. The van der Waals surface area contributed by atoms with E-state index in [1.54, 1.807) is 48.3 Å². The number of hydrogen-bond donors (Lipinski definition) is 3. The minimum atomic E-state index is -0.200. The van der Waals surface area contributed by atoms with Gasteiger partial charge in [-0.1, -0.05) is 24.4 Å². The van der Waals surface area contributed by atoms with Crippen molar-refractivity contribution in [1.82, 2.24) is 20.5 Å². The van der Waals surface area contributed by atoms with Crippen LogP contribution in [0.1, 0.15) is 59.4 Å². The summed E-state index contributed by atoms with van der Waals surface area (Å²) in [6.07, 6.45) is 5.86. The summed E-state index contributed by atoms with van der Waals surface area (Å²) in [4.78, 5) is 45.7. The maximum absolute atomic E-state index is 13.1. The first-order valence-electron chi connectivity index (χ1n) is 13.4. The van der Waals surface area contributed by atoms with E-state index < -0.39 is 0 Å². The Kier molecular flexibility index (Phi) is 8.00. The average molecular weight is 536 g/mol. The number of anilines is 1. The smallest absolute Gasteiger partial charge is 0.268 e. The first kappa shape index (κ1) is 26.3. The van der Waals surface area contributed by atoms with Gasteiger partial charge in [0, 0.05) is 46.3 Å². The Balaban J connectivity index is 1.19. The predicted molar refractivity (Wildman–Crippen MR) is 150 cm³/mol. The van der Waals surface area contributed by atoms with Crippen molar-refractivity contribution in [3.05, 3.63) is 64.8 Å². The molecule has 2 heterocycles. The van der Waals surface area contributed by atoms with Crippen LogP contribution in [0.5, 0.6) is 0 Å². The highest BCUT2D eigenvalue weighted by atomic mass is 35.5. The monoisotopic (exact) mass is 535 g/mol. The number of aromatic amines is 1. The number of amides is 3. The highest BCUT2D eigenvalue weighted by molar-refractivity contribution is 6.31. The fourth-order valence-electron chi connectivity index (χ4n) is 5.42. The number of rotatable bonds is 7. The van der Waals surface area contributed by atoms with Gasteiger partial charge < -0.3 is 20.5 Å². The topological polar surface area (TPSA) is 97.5 Å². The zero-order valence-corrected chi connectivity index (χ0v) is 22.4. The van der Waals surface area contributed by atoms with Gasteiger partial charge in [0.15, 0.2) is 0 Å². The van der Waals surface area contributed by atoms with Crippen molar-refractivity contribution in [3.63, 3.8) is 0 Å². The number of likely N-dealkylation sites (tertiary alicyclic amines) is 1. The lowest BCUT2D eigenvalue weighted by atomic mass is 9.90. The Labute approximate surface area is 227 Å². The molecular weight excluding hydrogens is 502 g/mol. The molecule has 0 radical (unpaired) electrons. The second-order valence-electron chi connectivity index (χ2n) is 10.3. The van der Waals surface area contributed by atoms with E-state index in [-0.39, 0.29) is 29.8 Å². The quantitative estimate of drug-likeness (QED) is 0.419. The van der Waals surface area contributed by atoms with Gasteiger partial charge in [-0.3, -0.25) is 19.3 Å². The van der Waals surface area contributed by atoms with Crippen LogP contribution < -0.4 is 15.5 Å². The van der Waals surface area contributed by atoms with Crippen molar-refractivity contribution < 1.29 is 14.4 Å². The van der Waals surface area contributed by atoms with E-state index >= 15 is 0 Å². The Morgan fingerprint density at radius 1 is 0.921 bits per heavy atom. The summed E-state index contributed by atoms with van der Waals surface area (Å²) in [5.74, 6) is -0.341. The number of aromatic nitrogens is 1. The van der Waals surface area contributed by atoms with E-state index in [1.807, 2.05) is 12.1 Å². The minimum Gasteiger partial charge on any atom is -0.351 e. The molecule has 1 aromatic heterocycles. The summed E-state index contributed by atoms with van der Waals surface area (Å²) in [6, 6.07) is 14.0. The highest BCUT2D eigenvalue weighted by Crippen LogP contribution is 2.23. The molecule has 3 amide bonds. The lowest BCUT2D eigenvalue weighted by Gasteiger charge is -2.32. The van der Waals surface area contributed by atoms with Gasteiger partial charge in [0.05, 0.1) is 6.54 Å². The third kappa shape index (κ3) is 6.03. The molecule has 8 nitrogen and oxygen atoms in total. The van der Waals surface area contributed by atoms with Crippen LogP contribution in [0.2, 0.25) is 5.02 Å². The molecule has 1 aliphatic heterocycles. The average Bonchev–Trinajstić information content (AvgIpc) is 3.59. The summed E-state index contributed by atoms with van der Waals surface area (Å²) in [6.45, 7) is 2.36. The molecular formula is C29H34ClN5O3. The number of hydrogen-bond acceptors (Lipinski definition) is 4. The molecule has 2 fully saturated rings. The molecule has 0 bridgehead atoms. The Hall–Kier alpha value is -3.36. The van der Waals surface area contributed by atoms with Crippen LogP contribution in [0.25, 0.3) is 10.9 Å². The van der Waals surface area contributed by atoms with Crippen LogP contribution in [0.4, 0.5) is 5.69 Å². The summed E-state index contributed by atoms with van der Waals surface area (Å²) in [7, 11) is 1.77. The first-order valence-corrected chi connectivity index (χ1v) is 13.7. The van der Waals surface area contributed by atoms with Crippen molar-refractivity contribution in [1.29, 1.82) is 0 Å². The van der Waals surface area contributed by atoms with Crippen LogP contribution in [0, 0.1) is 0 Å². The number of likely N-dealkylation sites (N-methyl/N-ethyl adjacent to an activating group) is 1. The molecule has 2 aromatic carbocycles. The molecule has 1 saturated carbocycles. The van der Waals surface area contributed by atoms with E-state index in [1.165, 1.54) is 0 Å². The largest absolute Gasteiger partial charge is 0.351 e. The normalized spacial score (nSPS) is 19.8. The van der Waals surface area contributed by atoms with Crippen molar-refractivity contribution in [2.24, 2.45) is 0 Å². The van der Waals surface area contributed by atoms with Gasteiger partial charge in [0.2, 0.25) is 5.91 Å². The fourth-order valence-corrected chi connectivity index (χ4v) is 5.60. The van der Waals surface area contributed by atoms with Gasteiger partial charge in [-0.25, -0.2) is 0 Å². The molecule has 0 spiro atoms. The molecule has 1 saturated heterocycles. The van der Waals surface area contributed by atoms with Crippen LogP contribution in [0.15, 0.2) is 48.5 Å². The molecule has 2 atom stereocenters. The Morgan fingerprint density at radius 2 is 1.58 bits per heavy atom. The molecule has 38 heavy (non-hydrogen) atoms. The molecule has 0 unspecified atom stereocenters. The fraction of sp³-hybridized carbons (Fsp3) is 0.414. The summed E-state index contributed by atoms with van der Waals surface area (Å²) < 4.78 is 0. The maximum Gasteiger partial charge on any atom is 0.268 e. The van der Waals surface area contributed by atoms with Crippen molar-refractivity contribution >= 4 is 45.9 Å². The first-order chi connectivity index (χ1) is 18.4. The van der Waals surface area contributed by atoms with Gasteiger partial charge in [0.1, 0.15) is 5.69 Å². The van der Waals surface area contributed by atoms with Crippen LogP contribution in [-0.2, 0) is 4.79 Å². The summed E-state index contributed by atoms with van der Waals surface area (Å²) in [5.41, 5.74) is 2.60. The second-order valence-corrected chi connectivity index (χ2v) is 10.8. The Morgan fingerprint density at radius 3 is 2.26 bits per heavy atom. The standard InChI is InChI=1S/C29H34ClN5O3/c1-34(27(36)18-35-14-4-5-15-35)22-11-8-19(9-12-22)28(37)32-24-6-2-3-7-25(24)33-29(38)26-17-20-16-21(30)10-13-23(20)31-26/h8-13,16-17,24-25,31H,2-7,14-15,18H2,1H3,(H,32,37)(H,33,38)/t24-,25+/m1/s1. The van der Waals surface area contributed by atoms with Crippen molar-refractivity contribution in [2.75, 3.05) is 31.6 Å². The van der Waals surface area contributed by atoms with E-state index in [2.05, 4.69) is 20.5 Å². The Bertz CT molecular complexity index is 1320. The van der Waals surface area contributed by atoms with Gasteiger partial charge in [-0.15, -0.1) is 0 Å². The van der Waals surface area contributed by atoms with E-state index in [4.69, 9.17) is 11.6 Å². The summed E-state index contributed by atoms with van der Waals surface area (Å²) in [5, 5.41) is 7.74. The third-order valence-corrected chi connectivity index (χ3v) is 7.91. The van der Waals surface area contributed by atoms with Crippen LogP contribution in [-0.4, -0.2) is 66.4 Å². The molecule has 2 aliphatic rings. The maximum atomic E-state index is 13.1. The molecule has 3 N–H and O–H groups in total. The number of carbonyl (C=O) groups is 3. The number of benzene rings is 2. The number of nitrogens with one attached hydrogen (secondary N) is 3. The zero-order chi connectivity index (χ0) is 26.6. The van der Waals surface area contributed by atoms with Crippen LogP contribution >= 0.6 is 11.6 Å². The van der Waals surface area contributed by atoms with E-state index in [0.29, 0.717) is 22.8 Å². The number of nitrogens with zero attached hydrogens (tertiary/aromatic N) is 2. The lowest BCUT2D eigenvalue weighted by molar-refractivity contribution is -0.119.